The highest BCUT2D eigenvalue weighted by Gasteiger charge is 2.44. The summed E-state index contributed by atoms with van der Waals surface area (Å²) < 4.78 is 0. The molecule has 0 saturated carbocycles. The topological polar surface area (TPSA) is 147 Å². The molecule has 11 heteroatoms. The van der Waals surface area contributed by atoms with Gasteiger partial charge in [0.2, 0.25) is 17.7 Å². The van der Waals surface area contributed by atoms with Gasteiger partial charge in [0.05, 0.1) is 16.2 Å². The molecule has 1 fully saturated rings. The first-order valence-electron chi connectivity index (χ1n) is 10.1. The molecule has 0 spiro atoms. The quantitative estimate of drug-likeness (QED) is 0.417. The molecule has 2 heterocycles. The molecule has 11 nitrogen and oxygen atoms in total. The van der Waals surface area contributed by atoms with Gasteiger partial charge in [-0.25, -0.2) is 0 Å². The molecule has 0 radical (unpaired) electrons. The van der Waals surface area contributed by atoms with E-state index in [0.29, 0.717) is 22.7 Å². The zero-order valence-electron chi connectivity index (χ0n) is 17.4. The van der Waals surface area contributed by atoms with Crippen LogP contribution in [0.15, 0.2) is 42.5 Å². The fourth-order valence-electron chi connectivity index (χ4n) is 3.89. The monoisotopic (exact) mass is 450 g/mol. The Bertz CT molecular complexity index is 1210. The number of rotatable bonds is 5. The molecule has 1 N–H and O–H groups in total. The summed E-state index contributed by atoms with van der Waals surface area (Å²) in [6.07, 6.45) is 1.07. The molecule has 168 valence electrons. The Hall–Kier alpha value is -4.41. The molecule has 2 aromatic carbocycles. The predicted molar refractivity (Wildman–Crippen MR) is 114 cm³/mol. The minimum atomic E-state index is -1.25. The van der Waals surface area contributed by atoms with Crippen molar-refractivity contribution in [2.75, 3.05) is 10.2 Å². The molecule has 1 unspecified atom stereocenters. The van der Waals surface area contributed by atoms with Gasteiger partial charge in [-0.3, -0.25) is 43.9 Å². The maximum atomic E-state index is 12.8. The standard InChI is InChI=1S/C22H18N4O7/c1-12(24-21(30)15-4-2-5-16(26(32)33)19(15)22(24)31)20(29)23-13-8-10-14(11-9-13)25-17(27)6-3-7-18(25)28/h2,4-5,8-12H,3,6-7H2,1H3,(H,23,29). The number of anilines is 2. The van der Waals surface area contributed by atoms with Crippen LogP contribution in [0.25, 0.3) is 0 Å². The van der Waals surface area contributed by atoms with Crippen molar-refractivity contribution in [2.24, 2.45) is 0 Å². The number of amides is 5. The summed E-state index contributed by atoms with van der Waals surface area (Å²) in [5.41, 5.74) is -0.279. The predicted octanol–water partition coefficient (Wildman–Crippen LogP) is 2.26. The van der Waals surface area contributed by atoms with Gasteiger partial charge in [0.25, 0.3) is 17.5 Å². The van der Waals surface area contributed by atoms with Crippen molar-refractivity contribution in [2.45, 2.75) is 32.2 Å². The Morgan fingerprint density at radius 2 is 1.64 bits per heavy atom. The summed E-state index contributed by atoms with van der Waals surface area (Å²) in [6, 6.07) is 8.47. The normalized spacial score (nSPS) is 16.6. The van der Waals surface area contributed by atoms with Gasteiger partial charge < -0.3 is 5.32 Å². The number of hydrogen-bond acceptors (Lipinski definition) is 7. The second-order valence-electron chi connectivity index (χ2n) is 7.63. The zero-order chi connectivity index (χ0) is 23.9. The van der Waals surface area contributed by atoms with Crippen LogP contribution in [0.5, 0.6) is 0 Å². The lowest BCUT2D eigenvalue weighted by atomic mass is 10.1. The van der Waals surface area contributed by atoms with E-state index in [1.807, 2.05) is 0 Å². The molecule has 0 aliphatic carbocycles. The van der Waals surface area contributed by atoms with Gasteiger partial charge in [-0.15, -0.1) is 0 Å². The van der Waals surface area contributed by atoms with Gasteiger partial charge >= 0.3 is 0 Å². The van der Waals surface area contributed by atoms with Crippen molar-refractivity contribution in [1.82, 2.24) is 4.90 Å². The maximum absolute atomic E-state index is 12.8. The van der Waals surface area contributed by atoms with E-state index in [1.54, 1.807) is 0 Å². The Morgan fingerprint density at radius 3 is 2.24 bits per heavy atom. The van der Waals surface area contributed by atoms with E-state index in [2.05, 4.69) is 5.32 Å². The summed E-state index contributed by atoms with van der Waals surface area (Å²) in [7, 11) is 0. The summed E-state index contributed by atoms with van der Waals surface area (Å²) >= 11 is 0. The number of nitro groups is 1. The average Bonchev–Trinajstić information content (AvgIpc) is 3.04. The Morgan fingerprint density at radius 1 is 1.00 bits per heavy atom. The number of hydrogen-bond donors (Lipinski definition) is 1. The van der Waals surface area contributed by atoms with Crippen molar-refractivity contribution < 1.29 is 28.9 Å². The van der Waals surface area contributed by atoms with Crippen LogP contribution >= 0.6 is 0 Å². The third kappa shape index (κ3) is 3.73. The molecule has 0 aromatic heterocycles. The zero-order valence-corrected chi connectivity index (χ0v) is 17.4. The second kappa shape index (κ2) is 8.26. The molecule has 1 atom stereocenters. The minimum Gasteiger partial charge on any atom is -0.324 e. The van der Waals surface area contributed by atoms with Crippen LogP contribution in [0.4, 0.5) is 17.1 Å². The number of fused-ring (bicyclic) bond motifs is 1. The van der Waals surface area contributed by atoms with Crippen molar-refractivity contribution >= 4 is 46.6 Å². The highest BCUT2D eigenvalue weighted by molar-refractivity contribution is 6.25. The van der Waals surface area contributed by atoms with E-state index in [9.17, 15) is 34.1 Å². The molecule has 1 saturated heterocycles. The van der Waals surface area contributed by atoms with Crippen LogP contribution in [0.1, 0.15) is 46.9 Å². The highest BCUT2D eigenvalue weighted by Crippen LogP contribution is 2.32. The summed E-state index contributed by atoms with van der Waals surface area (Å²) in [5.74, 6) is -2.99. The smallest absolute Gasteiger partial charge is 0.282 e. The molecule has 2 aliphatic heterocycles. The summed E-state index contributed by atoms with van der Waals surface area (Å²) in [4.78, 5) is 74.6. The molecular weight excluding hydrogens is 432 g/mol. The average molecular weight is 450 g/mol. The number of carbonyl (C=O) groups is 5. The van der Waals surface area contributed by atoms with Crippen LogP contribution < -0.4 is 10.2 Å². The Labute approximate surface area is 187 Å². The van der Waals surface area contributed by atoms with Gasteiger partial charge in [0.1, 0.15) is 11.6 Å². The van der Waals surface area contributed by atoms with E-state index >= 15 is 0 Å². The molecule has 2 aromatic rings. The maximum Gasteiger partial charge on any atom is 0.282 e. The Kier molecular flexibility index (Phi) is 5.46. The summed E-state index contributed by atoms with van der Waals surface area (Å²) in [6.45, 7) is 1.34. The number of imide groups is 2. The SMILES string of the molecule is CC(C(=O)Nc1ccc(N2C(=O)CCCC2=O)cc1)N1C(=O)c2cccc([N+](=O)[O-])c2C1=O. The molecule has 2 aliphatic rings. The lowest BCUT2D eigenvalue weighted by Crippen LogP contribution is -2.45. The number of benzene rings is 2. The van der Waals surface area contributed by atoms with Crippen molar-refractivity contribution in [3.63, 3.8) is 0 Å². The fraction of sp³-hybridized carbons (Fsp3) is 0.227. The Balaban J connectivity index is 1.50. The first kappa shape index (κ1) is 21.8. The number of piperidine rings is 1. The second-order valence-corrected chi connectivity index (χ2v) is 7.63. The minimum absolute atomic E-state index is 0.130. The van der Waals surface area contributed by atoms with Gasteiger partial charge in [-0.05, 0) is 43.7 Å². The van der Waals surface area contributed by atoms with Gasteiger partial charge in [0, 0.05) is 24.6 Å². The number of nitro benzene ring substituents is 1. The van der Waals surface area contributed by atoms with E-state index in [0.717, 1.165) is 11.0 Å². The van der Waals surface area contributed by atoms with Gasteiger partial charge in [-0.1, -0.05) is 6.07 Å². The van der Waals surface area contributed by atoms with Crippen molar-refractivity contribution in [1.29, 1.82) is 0 Å². The fourth-order valence-corrected chi connectivity index (χ4v) is 3.89. The van der Waals surface area contributed by atoms with E-state index in [4.69, 9.17) is 0 Å². The number of carbonyl (C=O) groups excluding carboxylic acids is 5. The van der Waals surface area contributed by atoms with Crippen molar-refractivity contribution in [3.8, 4) is 0 Å². The third-order valence-corrected chi connectivity index (χ3v) is 5.56. The van der Waals surface area contributed by atoms with Crippen LogP contribution in [-0.2, 0) is 14.4 Å². The first-order valence-corrected chi connectivity index (χ1v) is 10.1. The lowest BCUT2D eigenvalue weighted by molar-refractivity contribution is -0.385. The molecular formula is C22H18N4O7. The van der Waals surface area contributed by atoms with Crippen LogP contribution in [-0.4, -0.2) is 45.4 Å². The molecule has 4 rings (SSSR count). The third-order valence-electron chi connectivity index (χ3n) is 5.56. The highest BCUT2D eigenvalue weighted by atomic mass is 16.6. The molecule has 0 bridgehead atoms. The van der Waals surface area contributed by atoms with Gasteiger partial charge in [-0.2, -0.15) is 0 Å². The molecule has 5 amide bonds. The molecule has 33 heavy (non-hydrogen) atoms. The van der Waals surface area contributed by atoms with Crippen LogP contribution in [0.3, 0.4) is 0 Å². The largest absolute Gasteiger partial charge is 0.324 e. The van der Waals surface area contributed by atoms with E-state index in [-0.39, 0.29) is 35.8 Å². The van der Waals surface area contributed by atoms with Crippen molar-refractivity contribution in [3.05, 3.63) is 63.7 Å². The van der Waals surface area contributed by atoms with Crippen LogP contribution in [0, 0.1) is 10.1 Å². The first-order chi connectivity index (χ1) is 15.7. The lowest BCUT2D eigenvalue weighted by Gasteiger charge is -2.25. The van der Waals surface area contributed by atoms with E-state index in [1.165, 1.54) is 43.3 Å². The summed E-state index contributed by atoms with van der Waals surface area (Å²) in [5, 5.41) is 13.8. The van der Waals surface area contributed by atoms with Gasteiger partial charge in [0.15, 0.2) is 0 Å². The number of nitrogens with one attached hydrogen (secondary N) is 1. The van der Waals surface area contributed by atoms with E-state index < -0.39 is 34.4 Å². The van der Waals surface area contributed by atoms with Crippen LogP contribution in [0.2, 0.25) is 0 Å². The number of nitrogens with zero attached hydrogens (tertiary/aromatic N) is 3.